The molecule has 0 aliphatic carbocycles. The van der Waals surface area contributed by atoms with E-state index in [-0.39, 0.29) is 12.7 Å². The van der Waals surface area contributed by atoms with Gasteiger partial charge in [0.25, 0.3) is 0 Å². The van der Waals surface area contributed by atoms with Gasteiger partial charge in [-0.25, -0.2) is 0 Å². The van der Waals surface area contributed by atoms with E-state index < -0.39 is 5.79 Å². The number of aliphatic hydroxyl groups is 1. The zero-order chi connectivity index (χ0) is 10.7. The minimum atomic E-state index is -0.515. The van der Waals surface area contributed by atoms with E-state index in [9.17, 15) is 0 Å². The Morgan fingerprint density at radius 2 is 2.27 bits per heavy atom. The van der Waals surface area contributed by atoms with Crippen molar-refractivity contribution in [1.29, 1.82) is 0 Å². The Kier molecular flexibility index (Phi) is 3.61. The Bertz CT molecular complexity index is 203. The Morgan fingerprint density at radius 3 is 2.87 bits per heavy atom. The molecule has 0 aromatic rings. The van der Waals surface area contributed by atoms with Crippen LogP contribution in [0.2, 0.25) is 0 Å². The Morgan fingerprint density at radius 1 is 1.40 bits per heavy atom. The van der Waals surface area contributed by atoms with Crippen molar-refractivity contribution in [3.05, 3.63) is 0 Å². The van der Waals surface area contributed by atoms with Crippen LogP contribution in [-0.4, -0.2) is 43.4 Å². The Labute approximate surface area is 90.5 Å². The molecule has 0 bridgehead atoms. The summed E-state index contributed by atoms with van der Waals surface area (Å²) in [5.41, 5.74) is 0. The SMILES string of the molecule is CC1(CC2CCCOC2)OCC(CO)O1. The molecule has 2 saturated heterocycles. The molecule has 0 saturated carbocycles. The predicted molar refractivity (Wildman–Crippen MR) is 54.5 cm³/mol. The third-order valence-corrected chi connectivity index (χ3v) is 3.11. The zero-order valence-corrected chi connectivity index (χ0v) is 9.28. The number of ether oxygens (including phenoxy) is 3. The minimum Gasteiger partial charge on any atom is -0.394 e. The largest absolute Gasteiger partial charge is 0.394 e. The molecule has 2 fully saturated rings. The molecule has 2 rings (SSSR count). The smallest absolute Gasteiger partial charge is 0.166 e. The molecule has 4 heteroatoms. The maximum atomic E-state index is 8.97. The lowest BCUT2D eigenvalue weighted by atomic mass is 9.94. The lowest BCUT2D eigenvalue weighted by Crippen LogP contribution is -2.33. The highest BCUT2D eigenvalue weighted by molar-refractivity contribution is 4.78. The number of aliphatic hydroxyl groups excluding tert-OH is 1. The first-order chi connectivity index (χ1) is 7.22. The molecule has 0 amide bonds. The molecule has 2 aliphatic rings. The maximum absolute atomic E-state index is 8.97. The van der Waals surface area contributed by atoms with Crippen molar-refractivity contribution in [3.8, 4) is 0 Å². The van der Waals surface area contributed by atoms with Gasteiger partial charge in [0.05, 0.1) is 13.2 Å². The molecule has 3 atom stereocenters. The molecular weight excluding hydrogens is 196 g/mol. The minimum absolute atomic E-state index is 0.0384. The van der Waals surface area contributed by atoms with Gasteiger partial charge in [-0.2, -0.15) is 0 Å². The first-order valence-corrected chi connectivity index (χ1v) is 5.72. The molecule has 0 spiro atoms. The summed E-state index contributed by atoms with van der Waals surface area (Å²) in [5.74, 6) is 0.0138. The van der Waals surface area contributed by atoms with Crippen LogP contribution in [0.4, 0.5) is 0 Å². The first-order valence-electron chi connectivity index (χ1n) is 5.72. The van der Waals surface area contributed by atoms with Crippen LogP contribution in [0.5, 0.6) is 0 Å². The summed E-state index contributed by atoms with van der Waals surface area (Å²) in [4.78, 5) is 0. The van der Waals surface area contributed by atoms with Gasteiger partial charge in [0.15, 0.2) is 5.79 Å². The van der Waals surface area contributed by atoms with E-state index in [1.807, 2.05) is 6.92 Å². The van der Waals surface area contributed by atoms with Crippen molar-refractivity contribution in [2.75, 3.05) is 26.4 Å². The second-order valence-corrected chi connectivity index (χ2v) is 4.65. The fraction of sp³-hybridized carbons (Fsp3) is 1.00. The second kappa shape index (κ2) is 4.78. The van der Waals surface area contributed by atoms with E-state index in [0.717, 1.165) is 26.1 Å². The van der Waals surface area contributed by atoms with Crippen molar-refractivity contribution in [3.63, 3.8) is 0 Å². The first kappa shape index (κ1) is 11.3. The topological polar surface area (TPSA) is 47.9 Å². The molecule has 1 N–H and O–H groups in total. The monoisotopic (exact) mass is 216 g/mol. The molecule has 4 nitrogen and oxygen atoms in total. The van der Waals surface area contributed by atoms with Crippen LogP contribution in [0.3, 0.4) is 0 Å². The number of rotatable bonds is 3. The van der Waals surface area contributed by atoms with Gasteiger partial charge >= 0.3 is 0 Å². The Balaban J connectivity index is 1.82. The van der Waals surface area contributed by atoms with Crippen LogP contribution >= 0.6 is 0 Å². The standard InChI is InChI=1S/C11H20O4/c1-11(14-8-10(6-12)15-11)5-9-3-2-4-13-7-9/h9-10,12H,2-8H2,1H3. The maximum Gasteiger partial charge on any atom is 0.166 e. The molecule has 88 valence electrons. The average molecular weight is 216 g/mol. The van der Waals surface area contributed by atoms with E-state index in [1.54, 1.807) is 0 Å². The highest BCUT2D eigenvalue weighted by Gasteiger charge is 2.39. The fourth-order valence-electron chi connectivity index (χ4n) is 2.38. The van der Waals surface area contributed by atoms with Crippen molar-refractivity contribution >= 4 is 0 Å². The van der Waals surface area contributed by atoms with E-state index in [0.29, 0.717) is 12.5 Å². The lowest BCUT2D eigenvalue weighted by molar-refractivity contribution is -0.175. The Hall–Kier alpha value is -0.160. The van der Waals surface area contributed by atoms with Crippen molar-refractivity contribution in [2.24, 2.45) is 5.92 Å². The zero-order valence-electron chi connectivity index (χ0n) is 9.28. The summed E-state index contributed by atoms with van der Waals surface area (Å²) in [6, 6.07) is 0. The van der Waals surface area contributed by atoms with Crippen LogP contribution in [0, 0.1) is 5.92 Å². The summed E-state index contributed by atoms with van der Waals surface area (Å²) in [6.45, 7) is 4.19. The van der Waals surface area contributed by atoms with Gasteiger partial charge in [0.1, 0.15) is 6.10 Å². The number of hydrogen-bond donors (Lipinski definition) is 1. The van der Waals surface area contributed by atoms with Crippen LogP contribution in [-0.2, 0) is 14.2 Å². The quantitative estimate of drug-likeness (QED) is 0.762. The van der Waals surface area contributed by atoms with E-state index in [2.05, 4.69) is 0 Å². The molecule has 2 heterocycles. The van der Waals surface area contributed by atoms with Gasteiger partial charge in [-0.05, 0) is 25.7 Å². The van der Waals surface area contributed by atoms with Gasteiger partial charge < -0.3 is 19.3 Å². The third-order valence-electron chi connectivity index (χ3n) is 3.11. The third kappa shape index (κ3) is 2.91. The van der Waals surface area contributed by atoms with Gasteiger partial charge in [0, 0.05) is 19.6 Å². The molecule has 2 aliphatic heterocycles. The molecule has 0 aromatic carbocycles. The van der Waals surface area contributed by atoms with Crippen molar-refractivity contribution in [1.82, 2.24) is 0 Å². The molecular formula is C11H20O4. The van der Waals surface area contributed by atoms with Gasteiger partial charge in [-0.3, -0.25) is 0 Å². The lowest BCUT2D eigenvalue weighted by Gasteiger charge is -2.30. The van der Waals surface area contributed by atoms with Crippen LogP contribution in [0.1, 0.15) is 26.2 Å². The second-order valence-electron chi connectivity index (χ2n) is 4.65. The molecule has 0 radical (unpaired) electrons. The van der Waals surface area contributed by atoms with Crippen LogP contribution in [0.15, 0.2) is 0 Å². The predicted octanol–water partition coefficient (Wildman–Crippen LogP) is 0.927. The highest BCUT2D eigenvalue weighted by atomic mass is 16.7. The average Bonchev–Trinajstić information content (AvgIpc) is 2.61. The summed E-state index contributed by atoms with van der Waals surface area (Å²) in [6.07, 6.45) is 3.03. The molecule has 0 aromatic heterocycles. The normalized spacial score (nSPS) is 42.0. The summed E-state index contributed by atoms with van der Waals surface area (Å²) in [7, 11) is 0. The van der Waals surface area contributed by atoms with Gasteiger partial charge in [-0.1, -0.05) is 0 Å². The van der Waals surface area contributed by atoms with Gasteiger partial charge in [0.2, 0.25) is 0 Å². The van der Waals surface area contributed by atoms with Crippen LogP contribution < -0.4 is 0 Å². The summed E-state index contributed by atoms with van der Waals surface area (Å²) < 4.78 is 16.7. The van der Waals surface area contributed by atoms with Gasteiger partial charge in [-0.15, -0.1) is 0 Å². The molecule has 3 unspecified atom stereocenters. The summed E-state index contributed by atoms with van der Waals surface area (Å²) >= 11 is 0. The highest BCUT2D eigenvalue weighted by Crippen LogP contribution is 2.32. The van der Waals surface area contributed by atoms with Crippen molar-refractivity contribution in [2.45, 2.75) is 38.1 Å². The summed E-state index contributed by atoms with van der Waals surface area (Å²) in [5, 5.41) is 8.97. The van der Waals surface area contributed by atoms with E-state index in [4.69, 9.17) is 19.3 Å². The molecule has 15 heavy (non-hydrogen) atoms. The fourth-order valence-corrected chi connectivity index (χ4v) is 2.38. The van der Waals surface area contributed by atoms with Crippen LogP contribution in [0.25, 0.3) is 0 Å². The van der Waals surface area contributed by atoms with E-state index >= 15 is 0 Å². The van der Waals surface area contributed by atoms with Crippen molar-refractivity contribution < 1.29 is 19.3 Å². The van der Waals surface area contributed by atoms with E-state index in [1.165, 1.54) is 6.42 Å². The number of hydrogen-bond acceptors (Lipinski definition) is 4.